The second-order valence-corrected chi connectivity index (χ2v) is 10.3. The quantitative estimate of drug-likeness (QED) is 0.196. The Morgan fingerprint density at radius 3 is 2.69 bits per heavy atom. The molecule has 4 aromatic rings. The second-order valence-electron chi connectivity index (χ2n) is 8.15. The molecule has 0 saturated carbocycles. The van der Waals surface area contributed by atoms with Gasteiger partial charge >= 0.3 is 0 Å². The highest BCUT2D eigenvalue weighted by Gasteiger charge is 2.32. The van der Waals surface area contributed by atoms with Crippen molar-refractivity contribution >= 4 is 72.7 Å². The first-order valence-corrected chi connectivity index (χ1v) is 13.0. The molecule has 0 atom stereocenters. The van der Waals surface area contributed by atoms with E-state index in [0.717, 1.165) is 25.7 Å². The molecule has 0 saturated heterocycles. The van der Waals surface area contributed by atoms with Gasteiger partial charge in [-0.2, -0.15) is 0 Å². The molecule has 0 unspecified atom stereocenters. The second kappa shape index (κ2) is 9.58. The van der Waals surface area contributed by atoms with E-state index in [4.69, 9.17) is 9.72 Å². The van der Waals surface area contributed by atoms with Crippen LogP contribution in [0.5, 0.6) is 5.75 Å². The summed E-state index contributed by atoms with van der Waals surface area (Å²) in [6.07, 6.45) is 2.55. The molecule has 1 aliphatic heterocycles. The Labute approximate surface area is 224 Å². The SMILES string of the molecule is CCCN1C(=O)/C(=C/c2nc3ccc(I)cc3c(=O)n2-c2cccc(OC)c2)c2cc(Br)ccc21. The number of nitrogens with zero attached hydrogens (tertiary/aromatic N) is 3. The maximum Gasteiger partial charge on any atom is 0.266 e. The summed E-state index contributed by atoms with van der Waals surface area (Å²) in [5.41, 5.74) is 3.15. The number of carbonyl (C=O) groups is 1. The third-order valence-electron chi connectivity index (χ3n) is 5.90. The van der Waals surface area contributed by atoms with Gasteiger partial charge in [0, 0.05) is 26.2 Å². The molecule has 0 radical (unpaired) electrons. The van der Waals surface area contributed by atoms with E-state index in [2.05, 4.69) is 38.5 Å². The van der Waals surface area contributed by atoms with Gasteiger partial charge in [-0.3, -0.25) is 14.2 Å². The highest BCUT2D eigenvalue weighted by molar-refractivity contribution is 14.1. The summed E-state index contributed by atoms with van der Waals surface area (Å²) in [4.78, 5) is 33.9. The third-order valence-corrected chi connectivity index (χ3v) is 7.07. The lowest BCUT2D eigenvalue weighted by Gasteiger charge is -2.15. The Morgan fingerprint density at radius 1 is 1.09 bits per heavy atom. The number of ether oxygens (including phenoxy) is 1. The minimum Gasteiger partial charge on any atom is -0.497 e. The van der Waals surface area contributed by atoms with Crippen molar-refractivity contribution < 1.29 is 9.53 Å². The van der Waals surface area contributed by atoms with E-state index in [1.54, 1.807) is 28.7 Å². The molecule has 0 fully saturated rings. The average Bonchev–Trinajstić information content (AvgIpc) is 3.10. The Hall–Kier alpha value is -2.98. The van der Waals surface area contributed by atoms with Crippen LogP contribution in [-0.2, 0) is 4.79 Å². The molecule has 5 rings (SSSR count). The maximum absolute atomic E-state index is 13.8. The van der Waals surface area contributed by atoms with Gasteiger partial charge in [0.2, 0.25) is 0 Å². The van der Waals surface area contributed by atoms with E-state index < -0.39 is 0 Å². The first-order valence-electron chi connectivity index (χ1n) is 11.1. The van der Waals surface area contributed by atoms with Crippen LogP contribution in [-0.4, -0.2) is 29.1 Å². The lowest BCUT2D eigenvalue weighted by atomic mass is 10.1. The summed E-state index contributed by atoms with van der Waals surface area (Å²) in [6, 6.07) is 18.7. The van der Waals surface area contributed by atoms with E-state index in [1.165, 1.54) is 0 Å². The van der Waals surface area contributed by atoms with Crippen LogP contribution in [0.25, 0.3) is 28.2 Å². The van der Waals surface area contributed by atoms with E-state index in [-0.39, 0.29) is 11.5 Å². The largest absolute Gasteiger partial charge is 0.497 e. The number of fused-ring (bicyclic) bond motifs is 2. The Bertz CT molecular complexity index is 1580. The maximum atomic E-state index is 13.8. The van der Waals surface area contributed by atoms with Gasteiger partial charge in [0.25, 0.3) is 11.5 Å². The van der Waals surface area contributed by atoms with Crippen molar-refractivity contribution in [1.29, 1.82) is 0 Å². The molecule has 176 valence electrons. The number of halogens is 2. The standard InChI is InChI=1S/C27H21BrIN3O3/c1-3-11-31-24-10-7-16(28)12-20(24)21(26(31)33)15-25-30-23-9-8-17(29)13-22(23)27(34)32(25)18-5-4-6-19(14-18)35-2/h4-10,12-15H,3,11H2,1-2H3/b21-15+. The smallest absolute Gasteiger partial charge is 0.266 e. The van der Waals surface area contributed by atoms with Crippen molar-refractivity contribution in [2.24, 2.45) is 0 Å². The van der Waals surface area contributed by atoms with E-state index in [0.29, 0.717) is 40.3 Å². The van der Waals surface area contributed by atoms with Crippen LogP contribution in [0.1, 0.15) is 24.7 Å². The number of methoxy groups -OCH3 is 1. The summed E-state index contributed by atoms with van der Waals surface area (Å²) in [5.74, 6) is 0.898. The van der Waals surface area contributed by atoms with Gasteiger partial charge in [0.05, 0.1) is 35.0 Å². The van der Waals surface area contributed by atoms with Gasteiger partial charge in [-0.1, -0.05) is 28.9 Å². The molecule has 0 spiro atoms. The zero-order valence-corrected chi connectivity index (χ0v) is 22.8. The van der Waals surface area contributed by atoms with Gasteiger partial charge < -0.3 is 9.64 Å². The third kappa shape index (κ3) is 4.29. The minimum absolute atomic E-state index is 0.103. The fourth-order valence-electron chi connectivity index (χ4n) is 4.31. The van der Waals surface area contributed by atoms with Crippen LogP contribution in [0.2, 0.25) is 0 Å². The predicted molar refractivity (Wildman–Crippen MR) is 151 cm³/mol. The highest BCUT2D eigenvalue weighted by atomic mass is 127. The number of amides is 1. The van der Waals surface area contributed by atoms with Crippen LogP contribution in [0.4, 0.5) is 5.69 Å². The fraction of sp³-hybridized carbons (Fsp3) is 0.148. The van der Waals surface area contributed by atoms with E-state index >= 15 is 0 Å². The van der Waals surface area contributed by atoms with Crippen molar-refractivity contribution in [1.82, 2.24) is 9.55 Å². The van der Waals surface area contributed by atoms with Crippen molar-refractivity contribution in [3.63, 3.8) is 0 Å². The first-order chi connectivity index (χ1) is 16.9. The molecular weight excluding hydrogens is 621 g/mol. The molecule has 6 nitrogen and oxygen atoms in total. The summed E-state index contributed by atoms with van der Waals surface area (Å²) >= 11 is 5.72. The summed E-state index contributed by atoms with van der Waals surface area (Å²) in [6.45, 7) is 2.65. The first kappa shape index (κ1) is 23.7. The number of anilines is 1. The molecule has 1 aromatic heterocycles. The number of aromatic nitrogens is 2. The van der Waals surface area contributed by atoms with Gasteiger partial charge in [-0.05, 0) is 83.6 Å². The molecular formula is C27H21BrIN3O3. The fourth-order valence-corrected chi connectivity index (χ4v) is 5.17. The van der Waals surface area contributed by atoms with Crippen LogP contribution < -0.4 is 15.2 Å². The highest BCUT2D eigenvalue weighted by Crippen LogP contribution is 2.39. The number of benzene rings is 3. The monoisotopic (exact) mass is 641 g/mol. The predicted octanol–water partition coefficient (Wildman–Crippen LogP) is 6.06. The topological polar surface area (TPSA) is 64.4 Å². The summed E-state index contributed by atoms with van der Waals surface area (Å²) < 4.78 is 8.75. The van der Waals surface area contributed by atoms with Crippen molar-refractivity contribution in [3.05, 3.63) is 90.4 Å². The lowest BCUT2D eigenvalue weighted by Crippen LogP contribution is -2.27. The van der Waals surface area contributed by atoms with Crippen molar-refractivity contribution in [2.75, 3.05) is 18.6 Å². The lowest BCUT2D eigenvalue weighted by molar-refractivity contribution is -0.113. The van der Waals surface area contributed by atoms with Gasteiger partial charge in [-0.15, -0.1) is 0 Å². The molecule has 0 N–H and O–H groups in total. The molecule has 8 heteroatoms. The van der Waals surface area contributed by atoms with Gasteiger partial charge in [0.1, 0.15) is 11.6 Å². The Morgan fingerprint density at radius 2 is 1.91 bits per heavy atom. The number of rotatable bonds is 5. The van der Waals surface area contributed by atoms with Crippen LogP contribution >= 0.6 is 38.5 Å². The normalized spacial score (nSPS) is 14.1. The Balaban J connectivity index is 1.81. The molecule has 35 heavy (non-hydrogen) atoms. The van der Waals surface area contributed by atoms with Crippen LogP contribution in [0, 0.1) is 3.57 Å². The van der Waals surface area contributed by atoms with Gasteiger partial charge in [0.15, 0.2) is 0 Å². The van der Waals surface area contributed by atoms with Crippen molar-refractivity contribution in [3.8, 4) is 11.4 Å². The Kier molecular flexibility index (Phi) is 6.50. The van der Waals surface area contributed by atoms with Crippen LogP contribution in [0.15, 0.2) is 69.9 Å². The molecule has 1 amide bonds. The summed E-state index contributed by atoms with van der Waals surface area (Å²) in [5, 5.41) is 0.510. The van der Waals surface area contributed by atoms with Crippen LogP contribution in [0.3, 0.4) is 0 Å². The zero-order chi connectivity index (χ0) is 24.7. The molecule has 3 aromatic carbocycles. The minimum atomic E-state index is -0.209. The van der Waals surface area contributed by atoms with Gasteiger partial charge in [-0.25, -0.2) is 4.98 Å². The number of carbonyl (C=O) groups excluding carboxylic acids is 1. The average molecular weight is 642 g/mol. The zero-order valence-electron chi connectivity index (χ0n) is 19.1. The van der Waals surface area contributed by atoms with Crippen molar-refractivity contribution in [2.45, 2.75) is 13.3 Å². The van der Waals surface area contributed by atoms with E-state index in [1.807, 2.05) is 61.5 Å². The molecule has 0 bridgehead atoms. The number of hydrogen-bond acceptors (Lipinski definition) is 4. The number of hydrogen-bond donors (Lipinski definition) is 0. The molecule has 1 aliphatic rings. The molecule has 2 heterocycles. The van der Waals surface area contributed by atoms with E-state index in [9.17, 15) is 9.59 Å². The summed E-state index contributed by atoms with van der Waals surface area (Å²) in [7, 11) is 1.58. The molecule has 0 aliphatic carbocycles.